The Morgan fingerprint density at radius 1 is 1.19 bits per heavy atom. The van der Waals surface area contributed by atoms with Crippen LogP contribution in [0.15, 0.2) is 23.9 Å². The summed E-state index contributed by atoms with van der Waals surface area (Å²) >= 11 is 2.02. The van der Waals surface area contributed by atoms with Gasteiger partial charge in [0.25, 0.3) is 5.91 Å². The molecule has 1 saturated heterocycles. The molecule has 0 spiro atoms. The van der Waals surface area contributed by atoms with Crippen LogP contribution in [0.4, 0.5) is 4.79 Å². The van der Waals surface area contributed by atoms with Gasteiger partial charge in [-0.05, 0) is 46.4 Å². The third kappa shape index (κ3) is 4.71. The third-order valence-corrected chi connectivity index (χ3v) is 4.16. The summed E-state index contributed by atoms with van der Waals surface area (Å²) < 4.78 is 15.0. The molecule has 0 atom stereocenters. The van der Waals surface area contributed by atoms with Gasteiger partial charge in [0.2, 0.25) is 0 Å². The van der Waals surface area contributed by atoms with E-state index in [0.29, 0.717) is 14.9 Å². The van der Waals surface area contributed by atoms with E-state index in [-0.39, 0.29) is 12.3 Å². The van der Waals surface area contributed by atoms with Crippen LogP contribution in [0.3, 0.4) is 0 Å². The second kappa shape index (κ2) is 8.65. The molecule has 1 fully saturated rings. The lowest BCUT2D eigenvalue weighted by Crippen LogP contribution is -2.36. The zero-order valence-electron chi connectivity index (χ0n) is 13.9. The summed E-state index contributed by atoms with van der Waals surface area (Å²) in [5.74, 6) is -1.35. The fraction of sp³-hybridized carbons (Fsp3) is 0.250. The van der Waals surface area contributed by atoms with Crippen LogP contribution in [0.5, 0.6) is 5.75 Å². The van der Waals surface area contributed by atoms with Crippen molar-refractivity contribution in [2.24, 2.45) is 0 Å². The lowest BCUT2D eigenvalue weighted by molar-refractivity contribution is -0.143. The number of rotatable bonds is 6. The van der Waals surface area contributed by atoms with E-state index in [1.54, 1.807) is 18.2 Å². The van der Waals surface area contributed by atoms with Crippen molar-refractivity contribution in [2.45, 2.75) is 0 Å². The molecular formula is C16H15IN2O7. The van der Waals surface area contributed by atoms with Crippen molar-refractivity contribution in [3.63, 3.8) is 0 Å². The number of nitrogens with one attached hydrogen (secondary N) is 1. The lowest BCUT2D eigenvalue weighted by atomic mass is 10.2. The Balaban J connectivity index is 2.13. The number of methoxy groups -OCH3 is 2. The van der Waals surface area contributed by atoms with Gasteiger partial charge in [-0.1, -0.05) is 6.07 Å². The topological polar surface area (TPSA) is 111 Å². The van der Waals surface area contributed by atoms with Crippen LogP contribution in [0.25, 0.3) is 6.08 Å². The summed E-state index contributed by atoms with van der Waals surface area (Å²) in [6, 6.07) is 4.30. The molecule has 1 aromatic rings. The predicted octanol–water partition coefficient (Wildman–Crippen LogP) is 0.909. The number of esters is 2. The maximum absolute atomic E-state index is 12.2. The Morgan fingerprint density at radius 3 is 2.50 bits per heavy atom. The minimum absolute atomic E-state index is 0.0398. The SMILES string of the molecule is COC(=O)COc1ccc(C=C2NC(=O)N(CC(=O)OC)C2=O)cc1I. The van der Waals surface area contributed by atoms with Crippen molar-refractivity contribution < 1.29 is 33.4 Å². The van der Waals surface area contributed by atoms with E-state index < -0.39 is 30.4 Å². The molecule has 0 radical (unpaired) electrons. The summed E-state index contributed by atoms with van der Waals surface area (Å²) in [6.45, 7) is -0.680. The first-order valence-electron chi connectivity index (χ1n) is 7.26. The number of benzene rings is 1. The van der Waals surface area contributed by atoms with Crippen LogP contribution in [0.2, 0.25) is 0 Å². The van der Waals surface area contributed by atoms with Crippen LogP contribution in [-0.2, 0) is 23.9 Å². The predicted molar refractivity (Wildman–Crippen MR) is 96.9 cm³/mol. The van der Waals surface area contributed by atoms with Crippen LogP contribution in [0, 0.1) is 3.57 Å². The van der Waals surface area contributed by atoms with Crippen LogP contribution >= 0.6 is 22.6 Å². The van der Waals surface area contributed by atoms with Crippen LogP contribution in [-0.4, -0.2) is 56.1 Å². The van der Waals surface area contributed by atoms with Gasteiger partial charge in [0.1, 0.15) is 18.0 Å². The standard InChI is InChI=1S/C16H15IN2O7/c1-24-13(20)7-19-15(22)11(18-16(19)23)6-9-3-4-12(10(17)5-9)26-8-14(21)25-2/h3-6H,7-8H2,1-2H3,(H,18,23). The summed E-state index contributed by atoms with van der Waals surface area (Å²) in [5.41, 5.74) is 0.668. The molecule has 1 aromatic carbocycles. The second-order valence-electron chi connectivity index (χ2n) is 5.01. The second-order valence-corrected chi connectivity index (χ2v) is 6.17. The lowest BCUT2D eigenvalue weighted by Gasteiger charge is -2.09. The highest BCUT2D eigenvalue weighted by Gasteiger charge is 2.35. The van der Waals surface area contributed by atoms with E-state index in [9.17, 15) is 19.2 Å². The molecule has 10 heteroatoms. The van der Waals surface area contributed by atoms with E-state index in [1.807, 2.05) is 22.6 Å². The number of ether oxygens (including phenoxy) is 3. The highest BCUT2D eigenvalue weighted by Crippen LogP contribution is 2.24. The molecule has 138 valence electrons. The number of urea groups is 1. The number of imide groups is 1. The average Bonchev–Trinajstić information content (AvgIpc) is 2.87. The van der Waals surface area contributed by atoms with Gasteiger partial charge in [0.15, 0.2) is 6.61 Å². The van der Waals surface area contributed by atoms with Gasteiger partial charge < -0.3 is 19.5 Å². The Morgan fingerprint density at radius 2 is 1.88 bits per heavy atom. The average molecular weight is 474 g/mol. The summed E-state index contributed by atoms with van der Waals surface area (Å²) in [4.78, 5) is 47.2. The van der Waals surface area contributed by atoms with E-state index in [2.05, 4.69) is 14.8 Å². The molecule has 0 bridgehead atoms. The first-order valence-corrected chi connectivity index (χ1v) is 8.34. The maximum Gasteiger partial charge on any atom is 0.343 e. The molecule has 0 aromatic heterocycles. The molecule has 3 amide bonds. The Kier molecular flexibility index (Phi) is 6.55. The monoisotopic (exact) mass is 474 g/mol. The van der Waals surface area contributed by atoms with Gasteiger partial charge in [-0.15, -0.1) is 0 Å². The van der Waals surface area contributed by atoms with Crippen LogP contribution < -0.4 is 10.1 Å². The van der Waals surface area contributed by atoms with Crippen molar-refractivity contribution in [3.8, 4) is 5.75 Å². The number of nitrogens with zero attached hydrogens (tertiary/aromatic N) is 1. The van der Waals surface area contributed by atoms with E-state index >= 15 is 0 Å². The van der Waals surface area contributed by atoms with Crippen molar-refractivity contribution in [3.05, 3.63) is 33.0 Å². The highest BCUT2D eigenvalue weighted by molar-refractivity contribution is 14.1. The minimum atomic E-state index is -0.698. The molecule has 0 saturated carbocycles. The fourth-order valence-electron chi connectivity index (χ4n) is 2.00. The molecule has 1 aliphatic rings. The molecule has 0 unspecified atom stereocenters. The van der Waals surface area contributed by atoms with Gasteiger partial charge in [0.05, 0.1) is 17.8 Å². The number of hydrogen-bond donors (Lipinski definition) is 1. The van der Waals surface area contributed by atoms with Gasteiger partial charge in [-0.3, -0.25) is 9.59 Å². The molecule has 1 aliphatic heterocycles. The third-order valence-electron chi connectivity index (χ3n) is 3.32. The van der Waals surface area contributed by atoms with Gasteiger partial charge in [-0.25, -0.2) is 14.5 Å². The fourth-order valence-corrected chi connectivity index (χ4v) is 2.69. The van der Waals surface area contributed by atoms with E-state index in [4.69, 9.17) is 4.74 Å². The van der Waals surface area contributed by atoms with Gasteiger partial charge in [-0.2, -0.15) is 0 Å². The maximum atomic E-state index is 12.2. The summed E-state index contributed by atoms with van der Waals surface area (Å²) in [5, 5.41) is 2.41. The van der Waals surface area contributed by atoms with E-state index in [1.165, 1.54) is 20.3 Å². The van der Waals surface area contributed by atoms with Crippen molar-refractivity contribution in [2.75, 3.05) is 27.4 Å². The minimum Gasteiger partial charge on any atom is -0.481 e. The largest absolute Gasteiger partial charge is 0.481 e. The first-order chi connectivity index (χ1) is 12.3. The smallest absolute Gasteiger partial charge is 0.343 e. The van der Waals surface area contributed by atoms with Gasteiger partial charge >= 0.3 is 18.0 Å². The first kappa shape index (κ1) is 19.7. The van der Waals surface area contributed by atoms with Crippen LogP contribution in [0.1, 0.15) is 5.56 Å². The quantitative estimate of drug-likeness (QED) is 0.283. The number of hydrogen-bond acceptors (Lipinski definition) is 7. The normalized spacial score (nSPS) is 15.0. The van der Waals surface area contributed by atoms with Crippen molar-refractivity contribution in [1.29, 1.82) is 0 Å². The Bertz CT molecular complexity index is 791. The summed E-state index contributed by atoms with van der Waals surface area (Å²) in [6.07, 6.45) is 1.48. The molecule has 2 rings (SSSR count). The number of carbonyl (C=O) groups excluding carboxylic acids is 4. The molecule has 9 nitrogen and oxygen atoms in total. The zero-order valence-corrected chi connectivity index (χ0v) is 16.1. The summed E-state index contributed by atoms with van der Waals surface area (Å²) in [7, 11) is 2.44. The highest BCUT2D eigenvalue weighted by atomic mass is 127. The number of amides is 3. The number of carbonyl (C=O) groups is 4. The molecule has 1 heterocycles. The van der Waals surface area contributed by atoms with Gasteiger partial charge in [0, 0.05) is 0 Å². The van der Waals surface area contributed by atoms with Crippen molar-refractivity contribution in [1.82, 2.24) is 10.2 Å². The Labute approximate surface area is 162 Å². The molecular weight excluding hydrogens is 459 g/mol. The zero-order chi connectivity index (χ0) is 19.3. The van der Waals surface area contributed by atoms with E-state index in [0.717, 1.165) is 4.90 Å². The molecule has 26 heavy (non-hydrogen) atoms. The Hall–Kier alpha value is -2.63. The number of halogens is 1. The molecule has 1 N–H and O–H groups in total. The molecule has 0 aliphatic carbocycles. The van der Waals surface area contributed by atoms with Crippen molar-refractivity contribution >= 4 is 52.5 Å².